The second-order valence-electron chi connectivity index (χ2n) is 5.19. The van der Waals surface area contributed by atoms with E-state index < -0.39 is 5.97 Å². The molecule has 0 aliphatic heterocycles. The fourth-order valence-corrected chi connectivity index (χ4v) is 2.39. The molecule has 0 N–H and O–H groups in total. The lowest BCUT2D eigenvalue weighted by Crippen LogP contribution is -2.06. The topological polar surface area (TPSA) is 52.6 Å². The highest BCUT2D eigenvalue weighted by Crippen LogP contribution is 2.20. The van der Waals surface area contributed by atoms with Crippen molar-refractivity contribution in [3.63, 3.8) is 0 Å². The molecule has 4 nitrogen and oxygen atoms in total. The molecule has 0 saturated heterocycles. The van der Waals surface area contributed by atoms with Gasteiger partial charge in [0.1, 0.15) is 5.76 Å². The second-order valence-corrected chi connectivity index (χ2v) is 5.19. The van der Waals surface area contributed by atoms with Crippen LogP contribution < -0.4 is 0 Å². The molecule has 0 atom stereocenters. The molecule has 0 spiro atoms. The number of fused-ring (bicyclic) bond motifs is 8. The third-order valence-electron chi connectivity index (χ3n) is 3.69. The zero-order chi connectivity index (χ0) is 15.9. The maximum Gasteiger partial charge on any atom is 0.330 e. The van der Waals surface area contributed by atoms with Crippen molar-refractivity contribution < 1.29 is 19.1 Å². The van der Waals surface area contributed by atoms with Crippen LogP contribution in [0.4, 0.5) is 0 Å². The van der Waals surface area contributed by atoms with E-state index in [4.69, 9.17) is 4.74 Å². The molecule has 0 fully saturated rings. The average molecular weight is 300 g/mol. The molecule has 0 saturated carbocycles. The Morgan fingerprint density at radius 1 is 1.00 bits per heavy atom. The zero-order valence-corrected chi connectivity index (χ0v) is 12.9. The van der Waals surface area contributed by atoms with Gasteiger partial charge < -0.3 is 9.47 Å². The lowest BCUT2D eigenvalue weighted by Gasteiger charge is -2.13. The monoisotopic (exact) mass is 300 g/mol. The summed E-state index contributed by atoms with van der Waals surface area (Å²) in [6.45, 7) is 0. The molecule has 116 valence electrons. The van der Waals surface area contributed by atoms with Crippen LogP contribution in [0.3, 0.4) is 0 Å². The normalized spacial score (nSPS) is 19.8. The van der Waals surface area contributed by atoms with Gasteiger partial charge in [-0.05, 0) is 30.4 Å². The van der Waals surface area contributed by atoms with E-state index in [2.05, 4.69) is 29.0 Å². The molecule has 0 unspecified atom stereocenters. The SMILES string of the molecule is COC(=O)/C=C1CCc2ccc(cc2)CCC(=O)/C=C\1OC. The summed E-state index contributed by atoms with van der Waals surface area (Å²) >= 11 is 0. The number of benzene rings is 1. The van der Waals surface area contributed by atoms with E-state index in [1.165, 1.54) is 31.9 Å². The first-order valence-electron chi connectivity index (χ1n) is 7.27. The summed E-state index contributed by atoms with van der Waals surface area (Å²) in [5.74, 6) is -0.0319. The molecule has 2 aliphatic rings. The Balaban J connectivity index is 2.37. The lowest BCUT2D eigenvalue weighted by molar-refractivity contribution is -0.134. The molecule has 0 heterocycles. The number of aryl methyl sites for hydroxylation is 2. The van der Waals surface area contributed by atoms with Gasteiger partial charge >= 0.3 is 5.97 Å². The number of hydrogen-bond donors (Lipinski definition) is 0. The van der Waals surface area contributed by atoms with Crippen LogP contribution in [0.15, 0.2) is 47.7 Å². The van der Waals surface area contributed by atoms with Gasteiger partial charge in [0.2, 0.25) is 0 Å². The molecule has 0 radical (unpaired) electrons. The molecule has 0 aromatic heterocycles. The Bertz CT molecular complexity index is 608. The van der Waals surface area contributed by atoms with Gasteiger partial charge in [-0.3, -0.25) is 4.79 Å². The standard InChI is InChI=1S/C18H20O4/c1-21-17-12-16(19)10-8-14-5-3-13(4-6-14)7-9-15(17)11-18(20)22-2/h3-6,11-12H,7-10H2,1-2H3/b15-11+,17-12+. The summed E-state index contributed by atoms with van der Waals surface area (Å²) in [5.41, 5.74) is 3.00. The smallest absolute Gasteiger partial charge is 0.330 e. The summed E-state index contributed by atoms with van der Waals surface area (Å²) in [6, 6.07) is 8.23. The summed E-state index contributed by atoms with van der Waals surface area (Å²) in [4.78, 5) is 23.6. The van der Waals surface area contributed by atoms with Gasteiger partial charge in [0, 0.05) is 24.1 Å². The number of methoxy groups -OCH3 is 2. The van der Waals surface area contributed by atoms with Gasteiger partial charge in [0.15, 0.2) is 5.78 Å². The largest absolute Gasteiger partial charge is 0.496 e. The number of ketones is 1. The number of hydrogen-bond acceptors (Lipinski definition) is 4. The fraction of sp³-hybridized carbons (Fsp3) is 0.333. The molecule has 22 heavy (non-hydrogen) atoms. The summed E-state index contributed by atoms with van der Waals surface area (Å²) in [6.07, 6.45) is 5.34. The number of allylic oxidation sites excluding steroid dienone is 2. The van der Waals surface area contributed by atoms with Gasteiger partial charge in [-0.15, -0.1) is 0 Å². The van der Waals surface area contributed by atoms with E-state index in [-0.39, 0.29) is 5.78 Å². The van der Waals surface area contributed by atoms with Crippen LogP contribution in [0.2, 0.25) is 0 Å². The van der Waals surface area contributed by atoms with Crippen molar-refractivity contribution >= 4 is 11.8 Å². The van der Waals surface area contributed by atoms with E-state index in [1.807, 2.05) is 0 Å². The molecule has 3 rings (SSSR count). The van der Waals surface area contributed by atoms with E-state index in [0.29, 0.717) is 30.6 Å². The van der Waals surface area contributed by atoms with Crippen LogP contribution in [-0.2, 0) is 31.9 Å². The fourth-order valence-electron chi connectivity index (χ4n) is 2.39. The molecule has 4 heteroatoms. The third kappa shape index (κ3) is 4.32. The molecule has 2 aliphatic carbocycles. The second kappa shape index (κ2) is 7.59. The van der Waals surface area contributed by atoms with Crippen molar-refractivity contribution in [2.24, 2.45) is 0 Å². The van der Waals surface area contributed by atoms with Gasteiger partial charge in [-0.25, -0.2) is 4.79 Å². The Labute approximate surface area is 130 Å². The van der Waals surface area contributed by atoms with Crippen molar-refractivity contribution in [1.29, 1.82) is 0 Å². The molecule has 1 aromatic carbocycles. The van der Waals surface area contributed by atoms with E-state index in [1.54, 1.807) is 0 Å². The Morgan fingerprint density at radius 2 is 1.59 bits per heavy atom. The Kier molecular flexibility index (Phi) is 5.53. The van der Waals surface area contributed by atoms with Crippen LogP contribution in [0.1, 0.15) is 24.0 Å². The van der Waals surface area contributed by atoms with Crippen molar-refractivity contribution in [2.45, 2.75) is 25.7 Å². The Morgan fingerprint density at radius 3 is 2.14 bits per heavy atom. The van der Waals surface area contributed by atoms with Crippen molar-refractivity contribution in [2.75, 3.05) is 14.2 Å². The summed E-state index contributed by atoms with van der Waals surface area (Å²) in [5, 5.41) is 0. The number of carbonyl (C=O) groups excluding carboxylic acids is 2. The maximum atomic E-state index is 12.1. The highest BCUT2D eigenvalue weighted by atomic mass is 16.5. The molecule has 2 bridgehead atoms. The quantitative estimate of drug-likeness (QED) is 0.622. The van der Waals surface area contributed by atoms with Crippen molar-refractivity contribution in [3.05, 3.63) is 58.9 Å². The predicted octanol–water partition coefficient (Wildman–Crippen LogP) is 2.76. The highest BCUT2D eigenvalue weighted by Gasteiger charge is 2.13. The van der Waals surface area contributed by atoms with Crippen LogP contribution in [0.5, 0.6) is 0 Å². The van der Waals surface area contributed by atoms with Crippen LogP contribution in [0, 0.1) is 0 Å². The first-order valence-corrected chi connectivity index (χ1v) is 7.27. The van der Waals surface area contributed by atoms with Gasteiger partial charge in [0.05, 0.1) is 14.2 Å². The van der Waals surface area contributed by atoms with Crippen LogP contribution in [-0.4, -0.2) is 26.0 Å². The van der Waals surface area contributed by atoms with Gasteiger partial charge in [-0.2, -0.15) is 0 Å². The van der Waals surface area contributed by atoms with Gasteiger partial charge in [0.25, 0.3) is 0 Å². The molecular weight excluding hydrogens is 280 g/mol. The first kappa shape index (κ1) is 16.0. The van der Waals surface area contributed by atoms with E-state index in [0.717, 1.165) is 12.0 Å². The predicted molar refractivity (Wildman–Crippen MR) is 83.3 cm³/mol. The van der Waals surface area contributed by atoms with Crippen LogP contribution >= 0.6 is 0 Å². The number of carbonyl (C=O) groups is 2. The number of ether oxygens (including phenoxy) is 2. The van der Waals surface area contributed by atoms with Crippen molar-refractivity contribution in [1.82, 2.24) is 0 Å². The Hall–Kier alpha value is -2.36. The highest BCUT2D eigenvalue weighted by molar-refractivity contribution is 5.91. The summed E-state index contributed by atoms with van der Waals surface area (Å²) < 4.78 is 10.0. The van der Waals surface area contributed by atoms with Gasteiger partial charge in [-0.1, -0.05) is 24.3 Å². The number of rotatable bonds is 2. The van der Waals surface area contributed by atoms with E-state index >= 15 is 0 Å². The molecular formula is C18H20O4. The van der Waals surface area contributed by atoms with Crippen molar-refractivity contribution in [3.8, 4) is 0 Å². The minimum atomic E-state index is -0.451. The molecule has 1 aromatic rings. The number of esters is 1. The maximum absolute atomic E-state index is 12.1. The molecule has 0 amide bonds. The average Bonchev–Trinajstić information content (AvgIpc) is 2.54. The minimum absolute atomic E-state index is 0.0164. The third-order valence-corrected chi connectivity index (χ3v) is 3.69. The minimum Gasteiger partial charge on any atom is -0.496 e. The first-order chi connectivity index (χ1) is 10.6. The zero-order valence-electron chi connectivity index (χ0n) is 12.9. The van der Waals surface area contributed by atoms with Crippen LogP contribution in [0.25, 0.3) is 0 Å². The van der Waals surface area contributed by atoms with E-state index in [9.17, 15) is 9.59 Å². The summed E-state index contributed by atoms with van der Waals surface area (Å²) in [7, 11) is 2.83. The lowest BCUT2D eigenvalue weighted by atomic mass is 9.97.